The number of carbonyl (C=O) groups excluding carboxylic acids is 1. The smallest absolute Gasteiger partial charge is 0.266 e. The van der Waals surface area contributed by atoms with Gasteiger partial charge in [-0.3, -0.25) is 4.79 Å². The van der Waals surface area contributed by atoms with Gasteiger partial charge in [0, 0.05) is 0 Å². The van der Waals surface area contributed by atoms with Crippen molar-refractivity contribution in [3.05, 3.63) is 15.6 Å². The molecule has 1 aromatic heterocycles. The maximum atomic E-state index is 12.1. The molecule has 0 aliphatic carbocycles. The number of thiazole rings is 1. The molecular formula is C12H18N2O2S. The van der Waals surface area contributed by atoms with Crippen molar-refractivity contribution in [1.29, 1.82) is 0 Å². The van der Waals surface area contributed by atoms with Gasteiger partial charge >= 0.3 is 0 Å². The summed E-state index contributed by atoms with van der Waals surface area (Å²) < 4.78 is 0. The van der Waals surface area contributed by atoms with Crippen molar-refractivity contribution in [2.45, 2.75) is 39.2 Å². The normalized spacial score (nSPS) is 18.0. The van der Waals surface area contributed by atoms with Crippen LogP contribution in [0.4, 0.5) is 0 Å². The quantitative estimate of drug-likeness (QED) is 0.894. The van der Waals surface area contributed by atoms with E-state index in [0.29, 0.717) is 18.0 Å². The fraction of sp³-hybridized carbons (Fsp3) is 0.667. The SMILES string of the molecule is CCCC1(O)CN(C(=O)c2sc(C)nc2C)C1. The van der Waals surface area contributed by atoms with Gasteiger partial charge in [-0.1, -0.05) is 13.3 Å². The van der Waals surface area contributed by atoms with Crippen LogP contribution in [0.2, 0.25) is 0 Å². The van der Waals surface area contributed by atoms with Crippen LogP contribution >= 0.6 is 11.3 Å². The van der Waals surface area contributed by atoms with Crippen LogP contribution in [0.25, 0.3) is 0 Å². The average Bonchev–Trinajstić information content (AvgIpc) is 2.53. The van der Waals surface area contributed by atoms with E-state index in [-0.39, 0.29) is 5.91 Å². The Balaban J connectivity index is 2.02. The second-order valence-corrected chi connectivity index (χ2v) is 5.99. The Morgan fingerprint density at radius 1 is 1.53 bits per heavy atom. The summed E-state index contributed by atoms with van der Waals surface area (Å²) in [5, 5.41) is 11.0. The number of hydrogen-bond donors (Lipinski definition) is 1. The molecule has 2 heterocycles. The number of nitrogens with zero attached hydrogens (tertiary/aromatic N) is 2. The van der Waals surface area contributed by atoms with E-state index in [0.717, 1.165) is 23.5 Å². The summed E-state index contributed by atoms with van der Waals surface area (Å²) in [6, 6.07) is 0. The molecule has 4 nitrogen and oxygen atoms in total. The Kier molecular flexibility index (Phi) is 3.23. The molecule has 1 saturated heterocycles. The fourth-order valence-electron chi connectivity index (χ4n) is 2.30. The molecule has 0 aromatic carbocycles. The van der Waals surface area contributed by atoms with Crippen molar-refractivity contribution in [2.75, 3.05) is 13.1 Å². The van der Waals surface area contributed by atoms with E-state index in [4.69, 9.17) is 0 Å². The Hall–Kier alpha value is -0.940. The Labute approximate surface area is 105 Å². The van der Waals surface area contributed by atoms with Gasteiger partial charge in [0.25, 0.3) is 5.91 Å². The summed E-state index contributed by atoms with van der Waals surface area (Å²) in [6.45, 7) is 6.71. The first-order valence-corrected chi connectivity index (χ1v) is 6.72. The molecule has 0 saturated carbocycles. The second-order valence-electron chi connectivity index (χ2n) is 4.78. The number of aromatic nitrogens is 1. The summed E-state index contributed by atoms with van der Waals surface area (Å²) in [4.78, 5) is 18.8. The number of rotatable bonds is 3. The van der Waals surface area contributed by atoms with E-state index in [2.05, 4.69) is 4.98 Å². The van der Waals surface area contributed by atoms with Gasteiger partial charge in [0.05, 0.1) is 29.4 Å². The molecule has 2 rings (SSSR count). The van der Waals surface area contributed by atoms with Gasteiger partial charge in [-0.2, -0.15) is 0 Å². The monoisotopic (exact) mass is 254 g/mol. The summed E-state index contributed by atoms with van der Waals surface area (Å²) in [5.74, 6) is 0.00822. The maximum absolute atomic E-state index is 12.1. The Morgan fingerprint density at radius 3 is 2.65 bits per heavy atom. The zero-order valence-corrected chi connectivity index (χ0v) is 11.3. The van der Waals surface area contributed by atoms with Crippen LogP contribution in [0.15, 0.2) is 0 Å². The van der Waals surface area contributed by atoms with Crippen molar-refractivity contribution in [3.63, 3.8) is 0 Å². The van der Waals surface area contributed by atoms with E-state index >= 15 is 0 Å². The van der Waals surface area contributed by atoms with Crippen LogP contribution in [0.5, 0.6) is 0 Å². The standard InChI is InChI=1S/C12H18N2O2S/c1-4-5-12(16)6-14(7-12)11(15)10-8(2)13-9(3)17-10/h16H,4-7H2,1-3H3. The van der Waals surface area contributed by atoms with Gasteiger partial charge in [0.1, 0.15) is 4.88 Å². The largest absolute Gasteiger partial charge is 0.386 e. The van der Waals surface area contributed by atoms with E-state index < -0.39 is 5.60 Å². The molecule has 5 heteroatoms. The molecule has 1 aliphatic rings. The lowest BCUT2D eigenvalue weighted by Gasteiger charge is -2.46. The third kappa shape index (κ3) is 2.35. The predicted molar refractivity (Wildman–Crippen MR) is 67.3 cm³/mol. The summed E-state index contributed by atoms with van der Waals surface area (Å²) in [5.41, 5.74) is 0.140. The molecule has 0 unspecified atom stereocenters. The van der Waals surface area contributed by atoms with Crippen molar-refractivity contribution >= 4 is 17.2 Å². The van der Waals surface area contributed by atoms with Gasteiger partial charge in [0.15, 0.2) is 0 Å². The molecule has 17 heavy (non-hydrogen) atoms. The van der Waals surface area contributed by atoms with Crippen LogP contribution in [0, 0.1) is 13.8 Å². The molecule has 94 valence electrons. The van der Waals surface area contributed by atoms with Crippen molar-refractivity contribution in [1.82, 2.24) is 9.88 Å². The lowest BCUT2D eigenvalue weighted by atomic mass is 9.89. The number of hydrogen-bond acceptors (Lipinski definition) is 4. The zero-order valence-electron chi connectivity index (χ0n) is 10.5. The van der Waals surface area contributed by atoms with Crippen LogP contribution in [0.3, 0.4) is 0 Å². The van der Waals surface area contributed by atoms with Crippen LogP contribution in [-0.4, -0.2) is 39.6 Å². The highest BCUT2D eigenvalue weighted by Gasteiger charge is 2.43. The minimum atomic E-state index is -0.655. The molecule has 1 amide bonds. The van der Waals surface area contributed by atoms with E-state index in [9.17, 15) is 9.90 Å². The van der Waals surface area contributed by atoms with Crippen molar-refractivity contribution in [2.24, 2.45) is 0 Å². The first-order valence-electron chi connectivity index (χ1n) is 5.91. The predicted octanol–water partition coefficient (Wildman–Crippen LogP) is 1.75. The molecule has 1 aromatic rings. The van der Waals surface area contributed by atoms with E-state index in [1.807, 2.05) is 20.8 Å². The van der Waals surface area contributed by atoms with Crippen molar-refractivity contribution in [3.8, 4) is 0 Å². The second kappa shape index (κ2) is 4.38. The van der Waals surface area contributed by atoms with Crippen molar-refractivity contribution < 1.29 is 9.90 Å². The molecule has 1 fully saturated rings. The molecule has 0 radical (unpaired) electrons. The highest BCUT2D eigenvalue weighted by molar-refractivity contribution is 7.13. The molecule has 1 N–H and O–H groups in total. The van der Waals surface area contributed by atoms with E-state index in [1.165, 1.54) is 11.3 Å². The van der Waals surface area contributed by atoms with Gasteiger partial charge in [-0.05, 0) is 20.3 Å². The number of likely N-dealkylation sites (tertiary alicyclic amines) is 1. The number of carbonyl (C=O) groups is 1. The summed E-state index contributed by atoms with van der Waals surface area (Å²) in [7, 11) is 0. The molecule has 0 bridgehead atoms. The fourth-order valence-corrected chi connectivity index (χ4v) is 3.19. The van der Waals surface area contributed by atoms with Gasteiger partial charge in [0.2, 0.25) is 0 Å². The number of β-amino-alcohol motifs (C(OH)–C–C–N with tert-alkyl or cyclic N) is 1. The molecule has 0 atom stereocenters. The number of amides is 1. The van der Waals surface area contributed by atoms with Crippen LogP contribution in [-0.2, 0) is 0 Å². The van der Waals surface area contributed by atoms with E-state index in [1.54, 1.807) is 4.90 Å². The molecule has 0 spiro atoms. The third-order valence-electron chi connectivity index (χ3n) is 3.07. The lowest BCUT2D eigenvalue weighted by molar-refractivity contribution is -0.0858. The van der Waals surface area contributed by atoms with Gasteiger partial charge < -0.3 is 10.0 Å². The van der Waals surface area contributed by atoms with Crippen LogP contribution < -0.4 is 0 Å². The topological polar surface area (TPSA) is 53.4 Å². The third-order valence-corrected chi connectivity index (χ3v) is 4.13. The first kappa shape index (κ1) is 12.5. The Morgan fingerprint density at radius 2 is 2.18 bits per heavy atom. The maximum Gasteiger partial charge on any atom is 0.266 e. The first-order chi connectivity index (χ1) is 7.95. The van der Waals surface area contributed by atoms with Gasteiger partial charge in [-0.15, -0.1) is 11.3 Å². The highest BCUT2D eigenvalue weighted by Crippen LogP contribution is 2.29. The number of aliphatic hydroxyl groups is 1. The van der Waals surface area contributed by atoms with Gasteiger partial charge in [-0.25, -0.2) is 4.98 Å². The lowest BCUT2D eigenvalue weighted by Crippen LogP contribution is -2.63. The van der Waals surface area contributed by atoms with Crippen LogP contribution in [0.1, 0.15) is 40.1 Å². The average molecular weight is 254 g/mol. The summed E-state index contributed by atoms with van der Waals surface area (Å²) in [6.07, 6.45) is 1.70. The molecule has 1 aliphatic heterocycles. The summed E-state index contributed by atoms with van der Waals surface area (Å²) >= 11 is 1.43. The minimum absolute atomic E-state index is 0.00822. The number of aryl methyl sites for hydroxylation is 2. The Bertz CT molecular complexity index is 436. The highest BCUT2D eigenvalue weighted by atomic mass is 32.1. The zero-order chi connectivity index (χ0) is 12.6. The minimum Gasteiger partial charge on any atom is -0.386 e. The molecular weight excluding hydrogens is 236 g/mol.